The van der Waals surface area contributed by atoms with E-state index in [4.69, 9.17) is 0 Å². The molecule has 0 radical (unpaired) electrons. The fraction of sp³-hybridized carbons (Fsp3) is 0.500. The van der Waals surface area contributed by atoms with Gasteiger partial charge in [0.2, 0.25) is 5.91 Å². The highest BCUT2D eigenvalue weighted by Crippen LogP contribution is 2.23. The van der Waals surface area contributed by atoms with Crippen LogP contribution < -0.4 is 5.32 Å². The molecule has 1 aliphatic rings. The van der Waals surface area contributed by atoms with E-state index in [2.05, 4.69) is 10.4 Å². The van der Waals surface area contributed by atoms with Gasteiger partial charge in [-0.1, -0.05) is 13.8 Å². The summed E-state index contributed by atoms with van der Waals surface area (Å²) >= 11 is 1.49. The molecule has 0 aliphatic carbocycles. The van der Waals surface area contributed by atoms with Crippen LogP contribution in [0.1, 0.15) is 25.6 Å². The Kier molecular flexibility index (Phi) is 4.23. The van der Waals surface area contributed by atoms with Crippen molar-refractivity contribution in [2.75, 3.05) is 11.9 Å². The van der Waals surface area contributed by atoms with Crippen molar-refractivity contribution >= 4 is 33.9 Å². The molecular formula is C14H19N3O2S. The van der Waals surface area contributed by atoms with Crippen LogP contribution in [0.5, 0.6) is 0 Å². The maximum absolute atomic E-state index is 12.2. The molecule has 6 heteroatoms. The Morgan fingerprint density at radius 1 is 1.45 bits per heavy atom. The fourth-order valence-corrected chi connectivity index (χ4v) is 2.87. The standard InChI is InChI=1S/C14H19N3O2S/c1-8(2)7-17-14(19)12(10(4)16-17)13(18)15-11-6-5-9(3)20-11/h5-6,8,12H,7H2,1-4H3,(H,15,18)/t12-/m0/s1. The number of nitrogens with zero attached hydrogens (tertiary/aromatic N) is 2. The molecule has 1 aromatic rings. The van der Waals surface area contributed by atoms with Crippen molar-refractivity contribution in [2.24, 2.45) is 16.9 Å². The third kappa shape index (κ3) is 3.07. The maximum Gasteiger partial charge on any atom is 0.261 e. The third-order valence-corrected chi connectivity index (χ3v) is 3.90. The van der Waals surface area contributed by atoms with Gasteiger partial charge in [0.25, 0.3) is 5.91 Å². The molecule has 20 heavy (non-hydrogen) atoms. The number of amides is 2. The Bertz CT molecular complexity index is 563. The van der Waals surface area contributed by atoms with Gasteiger partial charge in [0.05, 0.1) is 10.7 Å². The Morgan fingerprint density at radius 3 is 2.70 bits per heavy atom. The lowest BCUT2D eigenvalue weighted by Crippen LogP contribution is -2.37. The molecule has 2 heterocycles. The lowest BCUT2D eigenvalue weighted by Gasteiger charge is -2.15. The fourth-order valence-electron chi connectivity index (χ4n) is 2.10. The van der Waals surface area contributed by atoms with Crippen molar-refractivity contribution in [3.8, 4) is 0 Å². The van der Waals surface area contributed by atoms with Gasteiger partial charge in [-0.05, 0) is 31.9 Å². The summed E-state index contributed by atoms with van der Waals surface area (Å²) in [6.07, 6.45) is 0. The highest BCUT2D eigenvalue weighted by Gasteiger charge is 2.39. The molecule has 0 saturated heterocycles. The second-order valence-electron chi connectivity index (χ2n) is 5.39. The van der Waals surface area contributed by atoms with E-state index in [0.717, 1.165) is 9.88 Å². The van der Waals surface area contributed by atoms with Gasteiger partial charge in [-0.15, -0.1) is 11.3 Å². The first-order chi connectivity index (χ1) is 9.38. The molecule has 108 valence electrons. The summed E-state index contributed by atoms with van der Waals surface area (Å²) in [5, 5.41) is 9.16. The summed E-state index contributed by atoms with van der Waals surface area (Å²) < 4.78 is 0. The Balaban J connectivity index is 2.07. The van der Waals surface area contributed by atoms with Gasteiger partial charge in [0, 0.05) is 11.4 Å². The zero-order valence-corrected chi connectivity index (χ0v) is 13.0. The van der Waals surface area contributed by atoms with Crippen molar-refractivity contribution in [1.82, 2.24) is 5.01 Å². The number of hydrogen-bond donors (Lipinski definition) is 1. The van der Waals surface area contributed by atoms with E-state index in [-0.39, 0.29) is 11.8 Å². The molecule has 0 bridgehead atoms. The Morgan fingerprint density at radius 2 is 2.15 bits per heavy atom. The van der Waals surface area contributed by atoms with Crippen LogP contribution in [-0.2, 0) is 9.59 Å². The Labute approximate surface area is 122 Å². The van der Waals surface area contributed by atoms with Crippen molar-refractivity contribution in [3.05, 3.63) is 17.0 Å². The van der Waals surface area contributed by atoms with E-state index in [1.165, 1.54) is 16.3 Å². The maximum atomic E-state index is 12.2. The molecule has 0 aromatic carbocycles. The first kappa shape index (κ1) is 14.7. The van der Waals surface area contributed by atoms with Gasteiger partial charge in [-0.2, -0.15) is 5.10 Å². The number of hydrazone groups is 1. The number of carbonyl (C=O) groups is 2. The number of anilines is 1. The summed E-state index contributed by atoms with van der Waals surface area (Å²) in [7, 11) is 0. The minimum atomic E-state index is -0.795. The molecule has 0 fully saturated rings. The molecule has 2 rings (SSSR count). The molecule has 2 amide bonds. The second kappa shape index (κ2) is 5.75. The zero-order valence-electron chi connectivity index (χ0n) is 12.1. The van der Waals surface area contributed by atoms with Gasteiger partial charge in [-0.3, -0.25) is 9.59 Å². The van der Waals surface area contributed by atoms with Crippen molar-refractivity contribution in [1.29, 1.82) is 0 Å². The number of rotatable bonds is 4. The smallest absolute Gasteiger partial charge is 0.261 e. The third-order valence-electron chi connectivity index (χ3n) is 2.98. The predicted octanol–water partition coefficient (Wildman–Crippen LogP) is 2.49. The quantitative estimate of drug-likeness (QED) is 0.867. The molecule has 5 nitrogen and oxygen atoms in total. The van der Waals surface area contributed by atoms with E-state index < -0.39 is 5.92 Å². The molecule has 1 aromatic heterocycles. The minimum absolute atomic E-state index is 0.234. The number of carbonyl (C=O) groups excluding carboxylic acids is 2. The van der Waals surface area contributed by atoms with E-state index >= 15 is 0 Å². The van der Waals surface area contributed by atoms with Crippen LogP contribution >= 0.6 is 11.3 Å². The lowest BCUT2D eigenvalue weighted by atomic mass is 10.0. The normalized spacial score (nSPS) is 18.6. The minimum Gasteiger partial charge on any atom is -0.317 e. The van der Waals surface area contributed by atoms with Crippen LogP contribution in [0.15, 0.2) is 17.2 Å². The number of aryl methyl sites for hydroxylation is 1. The van der Waals surface area contributed by atoms with Crippen LogP contribution in [0.25, 0.3) is 0 Å². The summed E-state index contributed by atoms with van der Waals surface area (Å²) in [5.41, 5.74) is 0.557. The van der Waals surface area contributed by atoms with Gasteiger partial charge < -0.3 is 5.32 Å². The SMILES string of the molecule is CC1=NN(CC(C)C)C(=O)[C@@H]1C(=O)Nc1ccc(C)s1. The monoisotopic (exact) mass is 293 g/mol. The van der Waals surface area contributed by atoms with Gasteiger partial charge in [-0.25, -0.2) is 5.01 Å². The summed E-state index contributed by atoms with van der Waals surface area (Å²) in [4.78, 5) is 25.6. The van der Waals surface area contributed by atoms with Crippen molar-refractivity contribution in [2.45, 2.75) is 27.7 Å². The second-order valence-corrected chi connectivity index (χ2v) is 6.68. The molecule has 0 unspecified atom stereocenters. The number of hydrogen-bond acceptors (Lipinski definition) is 4. The van der Waals surface area contributed by atoms with E-state index in [0.29, 0.717) is 18.2 Å². The first-order valence-electron chi connectivity index (χ1n) is 6.62. The van der Waals surface area contributed by atoms with Gasteiger partial charge in [0.1, 0.15) is 0 Å². The van der Waals surface area contributed by atoms with Crippen LogP contribution in [0.2, 0.25) is 0 Å². The van der Waals surface area contributed by atoms with E-state index in [1.54, 1.807) is 6.92 Å². The van der Waals surface area contributed by atoms with Gasteiger partial charge >= 0.3 is 0 Å². The molecule has 0 saturated carbocycles. The number of thiophene rings is 1. The molecule has 1 N–H and O–H groups in total. The van der Waals surface area contributed by atoms with Gasteiger partial charge in [0.15, 0.2) is 5.92 Å². The van der Waals surface area contributed by atoms with E-state index in [1.807, 2.05) is 32.9 Å². The van der Waals surface area contributed by atoms with Crippen LogP contribution in [0, 0.1) is 18.8 Å². The Hall–Kier alpha value is -1.69. The van der Waals surface area contributed by atoms with Crippen LogP contribution in [0.4, 0.5) is 5.00 Å². The predicted molar refractivity (Wildman–Crippen MR) is 80.8 cm³/mol. The summed E-state index contributed by atoms with van der Waals surface area (Å²) in [6, 6.07) is 3.78. The summed E-state index contributed by atoms with van der Waals surface area (Å²) in [5.74, 6) is -1.01. The summed E-state index contributed by atoms with van der Waals surface area (Å²) in [6.45, 7) is 8.26. The molecule has 1 aliphatic heterocycles. The number of nitrogens with one attached hydrogen (secondary N) is 1. The topological polar surface area (TPSA) is 61.8 Å². The largest absolute Gasteiger partial charge is 0.317 e. The molecule has 1 atom stereocenters. The van der Waals surface area contributed by atoms with E-state index in [9.17, 15) is 9.59 Å². The molecular weight excluding hydrogens is 274 g/mol. The first-order valence-corrected chi connectivity index (χ1v) is 7.44. The van der Waals surface area contributed by atoms with Crippen molar-refractivity contribution in [3.63, 3.8) is 0 Å². The van der Waals surface area contributed by atoms with Crippen molar-refractivity contribution < 1.29 is 9.59 Å². The zero-order chi connectivity index (χ0) is 14.9. The average molecular weight is 293 g/mol. The average Bonchev–Trinajstić information content (AvgIpc) is 2.83. The van der Waals surface area contributed by atoms with Crippen LogP contribution in [-0.4, -0.2) is 29.1 Å². The highest BCUT2D eigenvalue weighted by atomic mass is 32.1. The molecule has 0 spiro atoms. The van der Waals surface area contributed by atoms with Crippen LogP contribution in [0.3, 0.4) is 0 Å². The highest BCUT2D eigenvalue weighted by molar-refractivity contribution is 7.16. The lowest BCUT2D eigenvalue weighted by molar-refractivity contribution is -0.136.